The smallest absolute Gasteiger partial charge is 0.305 e. The standard InChI is InChI=1S/C14H23NO2/c1-3-5-7-12-10-11-13(15-12)8-6-9-14(16)17-4-2/h10-11,15H,3-9H2,1-2H3. The Morgan fingerprint density at radius 3 is 2.41 bits per heavy atom. The van der Waals surface area contributed by atoms with Crippen LogP contribution in [0, 0.1) is 0 Å². The molecule has 0 atom stereocenters. The summed E-state index contributed by atoms with van der Waals surface area (Å²) in [4.78, 5) is 14.5. The number of ether oxygens (including phenoxy) is 1. The number of carbonyl (C=O) groups excluding carboxylic acids is 1. The Kier molecular flexibility index (Phi) is 6.45. The first-order valence-electron chi connectivity index (χ1n) is 6.58. The maximum atomic E-state index is 11.1. The van der Waals surface area contributed by atoms with Crippen molar-refractivity contribution in [1.29, 1.82) is 0 Å². The highest BCUT2D eigenvalue weighted by Gasteiger charge is 2.03. The van der Waals surface area contributed by atoms with Crippen molar-refractivity contribution in [2.45, 2.75) is 52.4 Å². The summed E-state index contributed by atoms with van der Waals surface area (Å²) in [6.07, 6.45) is 5.85. The Hall–Kier alpha value is -1.25. The van der Waals surface area contributed by atoms with Gasteiger partial charge in [0.15, 0.2) is 0 Å². The maximum absolute atomic E-state index is 11.1. The maximum Gasteiger partial charge on any atom is 0.305 e. The third-order valence-corrected chi connectivity index (χ3v) is 2.74. The minimum Gasteiger partial charge on any atom is -0.466 e. The second-order valence-electron chi connectivity index (χ2n) is 4.27. The molecule has 0 fully saturated rings. The summed E-state index contributed by atoms with van der Waals surface area (Å²) in [7, 11) is 0. The third kappa shape index (κ3) is 5.57. The molecule has 0 bridgehead atoms. The van der Waals surface area contributed by atoms with E-state index in [9.17, 15) is 4.79 Å². The van der Waals surface area contributed by atoms with Gasteiger partial charge in [-0.05, 0) is 44.7 Å². The van der Waals surface area contributed by atoms with Crippen molar-refractivity contribution in [3.8, 4) is 0 Å². The van der Waals surface area contributed by atoms with Crippen LogP contribution in [0.5, 0.6) is 0 Å². The molecule has 3 heteroatoms. The summed E-state index contributed by atoms with van der Waals surface area (Å²) in [5, 5.41) is 0. The lowest BCUT2D eigenvalue weighted by molar-refractivity contribution is -0.143. The number of aromatic nitrogens is 1. The van der Waals surface area contributed by atoms with E-state index in [1.165, 1.54) is 24.2 Å². The van der Waals surface area contributed by atoms with Gasteiger partial charge in [-0.3, -0.25) is 4.79 Å². The van der Waals surface area contributed by atoms with Gasteiger partial charge in [0, 0.05) is 17.8 Å². The molecule has 1 rings (SSSR count). The molecule has 1 heterocycles. The van der Waals surface area contributed by atoms with Gasteiger partial charge in [-0.15, -0.1) is 0 Å². The molecule has 1 aromatic rings. The number of hydrogen-bond donors (Lipinski definition) is 1. The van der Waals surface area contributed by atoms with E-state index in [2.05, 4.69) is 24.0 Å². The van der Waals surface area contributed by atoms with E-state index in [1.807, 2.05) is 6.92 Å². The largest absolute Gasteiger partial charge is 0.466 e. The third-order valence-electron chi connectivity index (χ3n) is 2.74. The predicted molar refractivity (Wildman–Crippen MR) is 69.0 cm³/mol. The van der Waals surface area contributed by atoms with Crippen LogP contribution in [0.3, 0.4) is 0 Å². The second kappa shape index (κ2) is 7.93. The highest BCUT2D eigenvalue weighted by Crippen LogP contribution is 2.09. The second-order valence-corrected chi connectivity index (χ2v) is 4.27. The lowest BCUT2D eigenvalue weighted by Crippen LogP contribution is -2.04. The molecule has 0 aromatic carbocycles. The van der Waals surface area contributed by atoms with Crippen molar-refractivity contribution in [3.63, 3.8) is 0 Å². The van der Waals surface area contributed by atoms with Crippen molar-refractivity contribution in [2.24, 2.45) is 0 Å². The predicted octanol–water partition coefficient (Wildman–Crippen LogP) is 3.24. The van der Waals surface area contributed by atoms with Crippen LogP contribution in [0.2, 0.25) is 0 Å². The van der Waals surface area contributed by atoms with Gasteiger partial charge in [-0.2, -0.15) is 0 Å². The van der Waals surface area contributed by atoms with Crippen LogP contribution in [0.15, 0.2) is 12.1 Å². The first kappa shape index (κ1) is 13.8. The fourth-order valence-electron chi connectivity index (χ4n) is 1.81. The molecule has 0 aliphatic carbocycles. The topological polar surface area (TPSA) is 42.1 Å². The van der Waals surface area contributed by atoms with Gasteiger partial charge >= 0.3 is 5.97 Å². The Labute approximate surface area is 104 Å². The van der Waals surface area contributed by atoms with E-state index in [0.717, 1.165) is 19.3 Å². The molecular weight excluding hydrogens is 214 g/mol. The van der Waals surface area contributed by atoms with Crippen molar-refractivity contribution >= 4 is 5.97 Å². The minimum absolute atomic E-state index is 0.0923. The number of unbranched alkanes of at least 4 members (excludes halogenated alkanes) is 1. The number of nitrogens with one attached hydrogen (secondary N) is 1. The SMILES string of the molecule is CCCCc1ccc(CCCC(=O)OCC)[nH]1. The van der Waals surface area contributed by atoms with Crippen LogP contribution < -0.4 is 0 Å². The van der Waals surface area contributed by atoms with E-state index in [4.69, 9.17) is 4.74 Å². The molecule has 96 valence electrons. The lowest BCUT2D eigenvalue weighted by atomic mass is 10.2. The summed E-state index contributed by atoms with van der Waals surface area (Å²) in [5.74, 6) is -0.0923. The molecule has 0 amide bonds. The van der Waals surface area contributed by atoms with Gasteiger partial charge in [-0.25, -0.2) is 0 Å². The number of aryl methyl sites for hydroxylation is 2. The first-order chi connectivity index (χ1) is 8.26. The van der Waals surface area contributed by atoms with Crippen molar-refractivity contribution in [1.82, 2.24) is 4.98 Å². The average Bonchev–Trinajstić information content (AvgIpc) is 2.75. The first-order valence-corrected chi connectivity index (χ1v) is 6.58. The molecular formula is C14H23NO2. The average molecular weight is 237 g/mol. The molecule has 0 aliphatic rings. The normalized spacial score (nSPS) is 10.5. The molecule has 0 radical (unpaired) electrons. The molecule has 0 unspecified atom stereocenters. The van der Waals surface area contributed by atoms with Gasteiger partial charge in [0.2, 0.25) is 0 Å². The van der Waals surface area contributed by atoms with Crippen LogP contribution in [0.4, 0.5) is 0 Å². The summed E-state index contributed by atoms with van der Waals surface area (Å²) in [6.45, 7) is 4.51. The summed E-state index contributed by atoms with van der Waals surface area (Å²) in [5.41, 5.74) is 2.53. The summed E-state index contributed by atoms with van der Waals surface area (Å²) in [6, 6.07) is 4.27. The minimum atomic E-state index is -0.0923. The Morgan fingerprint density at radius 1 is 1.18 bits per heavy atom. The van der Waals surface area contributed by atoms with Gasteiger partial charge in [0.25, 0.3) is 0 Å². The molecule has 0 saturated heterocycles. The summed E-state index contributed by atoms with van der Waals surface area (Å²) < 4.78 is 4.89. The number of aromatic amines is 1. The van der Waals surface area contributed by atoms with Crippen molar-refractivity contribution in [3.05, 3.63) is 23.5 Å². The molecule has 0 spiro atoms. The van der Waals surface area contributed by atoms with Crippen molar-refractivity contribution in [2.75, 3.05) is 6.61 Å². The molecule has 1 N–H and O–H groups in total. The van der Waals surface area contributed by atoms with E-state index in [0.29, 0.717) is 13.0 Å². The quantitative estimate of drug-likeness (QED) is 0.705. The number of rotatable bonds is 8. The zero-order chi connectivity index (χ0) is 12.5. The van der Waals surface area contributed by atoms with Crippen molar-refractivity contribution < 1.29 is 9.53 Å². The highest BCUT2D eigenvalue weighted by atomic mass is 16.5. The van der Waals surface area contributed by atoms with Crippen LogP contribution in [0.1, 0.15) is 50.9 Å². The Morgan fingerprint density at radius 2 is 1.82 bits per heavy atom. The Balaban J connectivity index is 2.22. The fraction of sp³-hybridized carbons (Fsp3) is 0.643. The number of esters is 1. The molecule has 0 aliphatic heterocycles. The molecule has 17 heavy (non-hydrogen) atoms. The Bertz CT molecular complexity index is 331. The highest BCUT2D eigenvalue weighted by molar-refractivity contribution is 5.69. The zero-order valence-electron chi connectivity index (χ0n) is 10.9. The van der Waals surface area contributed by atoms with Crippen LogP contribution in [-0.4, -0.2) is 17.6 Å². The van der Waals surface area contributed by atoms with Gasteiger partial charge in [0.05, 0.1) is 6.61 Å². The van der Waals surface area contributed by atoms with E-state index < -0.39 is 0 Å². The number of H-pyrrole nitrogens is 1. The lowest BCUT2D eigenvalue weighted by Gasteiger charge is -2.01. The van der Waals surface area contributed by atoms with Crippen LogP contribution in [-0.2, 0) is 22.4 Å². The number of carbonyl (C=O) groups is 1. The monoisotopic (exact) mass is 237 g/mol. The van der Waals surface area contributed by atoms with E-state index >= 15 is 0 Å². The van der Waals surface area contributed by atoms with E-state index in [-0.39, 0.29) is 5.97 Å². The van der Waals surface area contributed by atoms with Crippen LogP contribution in [0.25, 0.3) is 0 Å². The van der Waals surface area contributed by atoms with Crippen LogP contribution >= 0.6 is 0 Å². The van der Waals surface area contributed by atoms with Gasteiger partial charge in [-0.1, -0.05) is 13.3 Å². The number of hydrogen-bond acceptors (Lipinski definition) is 2. The zero-order valence-corrected chi connectivity index (χ0v) is 10.9. The summed E-state index contributed by atoms with van der Waals surface area (Å²) >= 11 is 0. The van der Waals surface area contributed by atoms with Gasteiger partial charge in [0.1, 0.15) is 0 Å². The fourth-order valence-corrected chi connectivity index (χ4v) is 1.81. The van der Waals surface area contributed by atoms with E-state index in [1.54, 1.807) is 0 Å². The molecule has 3 nitrogen and oxygen atoms in total. The molecule has 0 saturated carbocycles. The van der Waals surface area contributed by atoms with Gasteiger partial charge < -0.3 is 9.72 Å². The molecule has 1 aromatic heterocycles.